The van der Waals surface area contributed by atoms with Crippen LogP contribution in [-0.2, 0) is 4.79 Å². The van der Waals surface area contributed by atoms with Gasteiger partial charge in [-0.25, -0.2) is 0 Å². The zero-order chi connectivity index (χ0) is 22.4. The molecule has 7 nitrogen and oxygen atoms in total. The first-order valence-corrected chi connectivity index (χ1v) is 10.7. The second kappa shape index (κ2) is 10.5. The normalized spacial score (nSPS) is 15.5. The fourth-order valence-corrected chi connectivity index (χ4v) is 3.84. The molecule has 2 aromatic rings. The summed E-state index contributed by atoms with van der Waals surface area (Å²) in [6.45, 7) is 1.19. The van der Waals surface area contributed by atoms with Crippen molar-refractivity contribution in [3.8, 4) is 5.75 Å². The van der Waals surface area contributed by atoms with E-state index in [0.717, 1.165) is 6.42 Å². The van der Waals surface area contributed by atoms with E-state index < -0.39 is 6.04 Å². The molecule has 1 unspecified atom stereocenters. The van der Waals surface area contributed by atoms with E-state index in [1.807, 2.05) is 0 Å². The van der Waals surface area contributed by atoms with E-state index in [1.54, 1.807) is 24.3 Å². The van der Waals surface area contributed by atoms with Crippen LogP contribution in [-0.4, -0.2) is 53.4 Å². The maximum Gasteiger partial charge on any atom is 0.256 e. The summed E-state index contributed by atoms with van der Waals surface area (Å²) in [5, 5.41) is 15.7. The number of amides is 3. The Labute approximate surface area is 190 Å². The Morgan fingerprint density at radius 1 is 1.06 bits per heavy atom. The van der Waals surface area contributed by atoms with Gasteiger partial charge >= 0.3 is 0 Å². The molecular formula is C22H23Cl2N3O4. The van der Waals surface area contributed by atoms with Crippen LogP contribution >= 0.6 is 23.2 Å². The lowest BCUT2D eigenvalue weighted by molar-refractivity contribution is -0.124. The number of rotatable bonds is 7. The highest BCUT2D eigenvalue weighted by Crippen LogP contribution is 2.26. The molecule has 9 heteroatoms. The van der Waals surface area contributed by atoms with Crippen molar-refractivity contribution < 1.29 is 19.5 Å². The molecule has 1 aliphatic rings. The lowest BCUT2D eigenvalue weighted by Gasteiger charge is -2.24. The molecule has 0 aromatic heterocycles. The zero-order valence-corrected chi connectivity index (χ0v) is 18.2. The van der Waals surface area contributed by atoms with Crippen LogP contribution < -0.4 is 10.6 Å². The van der Waals surface area contributed by atoms with Gasteiger partial charge in [0.1, 0.15) is 11.8 Å². The summed E-state index contributed by atoms with van der Waals surface area (Å²) in [7, 11) is 0. The minimum Gasteiger partial charge on any atom is -0.508 e. The summed E-state index contributed by atoms with van der Waals surface area (Å²) in [6, 6.07) is 10.2. The van der Waals surface area contributed by atoms with E-state index in [2.05, 4.69) is 10.6 Å². The van der Waals surface area contributed by atoms with E-state index in [1.165, 1.54) is 23.1 Å². The topological polar surface area (TPSA) is 98.7 Å². The first-order valence-electron chi connectivity index (χ1n) is 9.98. The average Bonchev–Trinajstić information content (AvgIpc) is 3.24. The molecule has 3 N–H and O–H groups in total. The van der Waals surface area contributed by atoms with Crippen LogP contribution in [0.3, 0.4) is 0 Å². The van der Waals surface area contributed by atoms with Gasteiger partial charge in [-0.15, -0.1) is 0 Å². The van der Waals surface area contributed by atoms with Gasteiger partial charge in [-0.05, 0) is 55.7 Å². The largest absolute Gasteiger partial charge is 0.508 e. The second-order valence-corrected chi connectivity index (χ2v) is 8.08. The van der Waals surface area contributed by atoms with Crippen LogP contribution in [0.5, 0.6) is 5.75 Å². The number of benzene rings is 2. The van der Waals surface area contributed by atoms with Crippen molar-refractivity contribution in [2.75, 3.05) is 19.6 Å². The number of halogens is 2. The molecule has 1 heterocycles. The molecule has 31 heavy (non-hydrogen) atoms. The number of carbonyl (C=O) groups excluding carboxylic acids is 3. The van der Waals surface area contributed by atoms with Gasteiger partial charge in [0.05, 0.1) is 10.6 Å². The highest BCUT2D eigenvalue weighted by molar-refractivity contribution is 6.35. The van der Waals surface area contributed by atoms with Crippen LogP contribution in [0.4, 0.5) is 0 Å². The molecule has 1 aliphatic heterocycles. The highest BCUT2D eigenvalue weighted by atomic mass is 35.5. The Hall–Kier alpha value is -2.77. The van der Waals surface area contributed by atoms with Crippen LogP contribution in [0, 0.1) is 0 Å². The third kappa shape index (κ3) is 5.89. The Kier molecular flexibility index (Phi) is 7.76. The van der Waals surface area contributed by atoms with Gasteiger partial charge in [0, 0.05) is 30.2 Å². The maximum absolute atomic E-state index is 12.9. The SMILES string of the molecule is O=C(NCCCNC(=O)C1CCCN1C(=O)c1cc(Cl)ccc1Cl)c1cccc(O)c1. The number of aromatic hydroxyl groups is 1. The summed E-state index contributed by atoms with van der Waals surface area (Å²) in [6.07, 6.45) is 1.82. The zero-order valence-electron chi connectivity index (χ0n) is 16.7. The molecule has 0 aliphatic carbocycles. The monoisotopic (exact) mass is 463 g/mol. The lowest BCUT2D eigenvalue weighted by Crippen LogP contribution is -2.46. The molecule has 1 atom stereocenters. The van der Waals surface area contributed by atoms with Gasteiger partial charge in [-0.1, -0.05) is 29.3 Å². The van der Waals surface area contributed by atoms with E-state index in [0.29, 0.717) is 48.1 Å². The summed E-state index contributed by atoms with van der Waals surface area (Å²) < 4.78 is 0. The molecule has 0 spiro atoms. The highest BCUT2D eigenvalue weighted by Gasteiger charge is 2.35. The number of hydrogen-bond donors (Lipinski definition) is 3. The minimum absolute atomic E-state index is 0.0228. The van der Waals surface area contributed by atoms with E-state index in [9.17, 15) is 19.5 Å². The van der Waals surface area contributed by atoms with E-state index in [-0.39, 0.29) is 29.0 Å². The third-order valence-electron chi connectivity index (χ3n) is 5.02. The fourth-order valence-electron chi connectivity index (χ4n) is 3.47. The quantitative estimate of drug-likeness (QED) is 0.548. The van der Waals surface area contributed by atoms with Gasteiger partial charge < -0.3 is 20.6 Å². The predicted octanol–water partition coefficient (Wildman–Crippen LogP) is 3.24. The van der Waals surface area contributed by atoms with Crippen LogP contribution in [0.2, 0.25) is 10.0 Å². The molecule has 1 saturated heterocycles. The Morgan fingerprint density at radius 3 is 2.61 bits per heavy atom. The molecule has 2 aromatic carbocycles. The number of carbonyl (C=O) groups is 3. The van der Waals surface area contributed by atoms with Gasteiger partial charge in [0.2, 0.25) is 5.91 Å². The van der Waals surface area contributed by atoms with Gasteiger partial charge in [-0.2, -0.15) is 0 Å². The number of hydrogen-bond acceptors (Lipinski definition) is 4. The molecule has 0 saturated carbocycles. The number of likely N-dealkylation sites (tertiary alicyclic amines) is 1. The van der Waals surface area contributed by atoms with E-state index >= 15 is 0 Å². The Morgan fingerprint density at radius 2 is 1.84 bits per heavy atom. The van der Waals surface area contributed by atoms with Crippen molar-refractivity contribution >= 4 is 40.9 Å². The van der Waals surface area contributed by atoms with Gasteiger partial charge in [0.15, 0.2) is 0 Å². The number of nitrogens with zero attached hydrogens (tertiary/aromatic N) is 1. The first kappa shape index (κ1) is 22.9. The van der Waals surface area contributed by atoms with Crippen LogP contribution in [0.1, 0.15) is 40.0 Å². The lowest BCUT2D eigenvalue weighted by atomic mass is 10.1. The van der Waals surface area contributed by atoms with Crippen molar-refractivity contribution in [2.45, 2.75) is 25.3 Å². The molecular weight excluding hydrogens is 441 g/mol. The summed E-state index contributed by atoms with van der Waals surface area (Å²) in [5.74, 6) is -0.824. The minimum atomic E-state index is -0.565. The number of phenolic OH excluding ortho intramolecular Hbond substituents is 1. The second-order valence-electron chi connectivity index (χ2n) is 7.23. The van der Waals surface area contributed by atoms with Crippen molar-refractivity contribution in [1.29, 1.82) is 0 Å². The fraction of sp³-hybridized carbons (Fsp3) is 0.318. The van der Waals surface area contributed by atoms with Gasteiger partial charge in [-0.3, -0.25) is 14.4 Å². The van der Waals surface area contributed by atoms with E-state index in [4.69, 9.17) is 23.2 Å². The molecule has 0 bridgehead atoms. The molecule has 3 rings (SSSR count). The summed E-state index contributed by atoms with van der Waals surface area (Å²) in [4.78, 5) is 39.1. The maximum atomic E-state index is 12.9. The van der Waals surface area contributed by atoms with Crippen molar-refractivity contribution in [1.82, 2.24) is 15.5 Å². The standard InChI is InChI=1S/C22H23Cl2N3O4/c23-15-7-8-18(24)17(13-15)22(31)27-11-2-6-19(27)21(30)26-10-3-9-25-20(29)14-4-1-5-16(28)12-14/h1,4-5,7-8,12-13,19,28H,2-3,6,9-11H2,(H,25,29)(H,26,30). The molecule has 0 radical (unpaired) electrons. The van der Waals surface area contributed by atoms with Crippen LogP contribution in [0.25, 0.3) is 0 Å². The average molecular weight is 464 g/mol. The first-order chi connectivity index (χ1) is 14.9. The third-order valence-corrected chi connectivity index (χ3v) is 5.59. The molecule has 1 fully saturated rings. The summed E-state index contributed by atoms with van der Waals surface area (Å²) >= 11 is 12.1. The van der Waals surface area contributed by atoms with Crippen molar-refractivity contribution in [3.05, 3.63) is 63.6 Å². The Balaban J connectivity index is 1.47. The molecule has 3 amide bonds. The van der Waals surface area contributed by atoms with Crippen molar-refractivity contribution in [2.24, 2.45) is 0 Å². The number of phenols is 1. The van der Waals surface area contributed by atoms with Crippen LogP contribution in [0.15, 0.2) is 42.5 Å². The summed E-state index contributed by atoms with van der Waals surface area (Å²) in [5.41, 5.74) is 0.646. The smallest absolute Gasteiger partial charge is 0.256 e. The van der Waals surface area contributed by atoms with Gasteiger partial charge in [0.25, 0.3) is 11.8 Å². The number of nitrogens with one attached hydrogen (secondary N) is 2. The molecule has 164 valence electrons. The predicted molar refractivity (Wildman–Crippen MR) is 119 cm³/mol. The van der Waals surface area contributed by atoms with Crippen molar-refractivity contribution in [3.63, 3.8) is 0 Å². The Bertz CT molecular complexity index is 983.